The van der Waals surface area contributed by atoms with Crippen LogP contribution in [-0.4, -0.2) is 32.3 Å². The number of aryl methyl sites for hydroxylation is 1. The lowest BCUT2D eigenvalue weighted by Gasteiger charge is -2.20. The Morgan fingerprint density at radius 2 is 1.69 bits per heavy atom. The SMILES string of the molecule is Cc1ccc(S(=O)(=O)NC(C)C)cc1C(=O)N(C)Cc1ccc(C(F)(F)F)cc1. The molecule has 0 radical (unpaired) electrons. The molecule has 0 saturated carbocycles. The van der Waals surface area contributed by atoms with Crippen molar-refractivity contribution in [3.05, 3.63) is 64.7 Å². The molecular formula is C20H23F3N2O3S. The molecule has 2 aromatic carbocycles. The van der Waals surface area contributed by atoms with Gasteiger partial charge in [0, 0.05) is 25.2 Å². The predicted octanol–water partition coefficient (Wildman–Crippen LogP) is 3.97. The third-order valence-electron chi connectivity index (χ3n) is 4.19. The Kier molecular flexibility index (Phi) is 6.74. The lowest BCUT2D eigenvalue weighted by atomic mass is 10.1. The average Bonchev–Trinajstić information content (AvgIpc) is 2.60. The molecular weight excluding hydrogens is 405 g/mol. The zero-order valence-corrected chi connectivity index (χ0v) is 17.4. The van der Waals surface area contributed by atoms with Gasteiger partial charge in [-0.2, -0.15) is 13.2 Å². The van der Waals surface area contributed by atoms with Gasteiger partial charge in [-0.05, 0) is 56.2 Å². The first-order chi connectivity index (χ1) is 13.3. The second-order valence-corrected chi connectivity index (χ2v) is 8.82. The molecule has 9 heteroatoms. The van der Waals surface area contributed by atoms with Gasteiger partial charge < -0.3 is 4.90 Å². The Morgan fingerprint density at radius 1 is 1.10 bits per heavy atom. The number of carbonyl (C=O) groups excluding carboxylic acids is 1. The molecule has 0 saturated heterocycles. The topological polar surface area (TPSA) is 66.5 Å². The van der Waals surface area contributed by atoms with E-state index in [4.69, 9.17) is 0 Å². The lowest BCUT2D eigenvalue weighted by molar-refractivity contribution is -0.137. The van der Waals surface area contributed by atoms with E-state index in [1.165, 1.54) is 36.2 Å². The number of nitrogens with zero attached hydrogens (tertiary/aromatic N) is 1. The maximum absolute atomic E-state index is 12.8. The summed E-state index contributed by atoms with van der Waals surface area (Å²) in [5.41, 5.74) is 0.571. The number of hydrogen-bond acceptors (Lipinski definition) is 3. The molecule has 1 N–H and O–H groups in total. The fourth-order valence-electron chi connectivity index (χ4n) is 2.73. The molecule has 0 fully saturated rings. The molecule has 2 rings (SSSR count). The van der Waals surface area contributed by atoms with Crippen molar-refractivity contribution in [1.29, 1.82) is 0 Å². The lowest BCUT2D eigenvalue weighted by Crippen LogP contribution is -2.31. The number of amides is 1. The van der Waals surface area contributed by atoms with Crippen LogP contribution in [0.1, 0.15) is 40.9 Å². The van der Waals surface area contributed by atoms with Crippen LogP contribution in [0.25, 0.3) is 0 Å². The summed E-state index contributed by atoms with van der Waals surface area (Å²) in [6.45, 7) is 5.15. The summed E-state index contributed by atoms with van der Waals surface area (Å²) in [5, 5.41) is 0. The van der Waals surface area contributed by atoms with Crippen LogP contribution in [0.15, 0.2) is 47.4 Å². The largest absolute Gasteiger partial charge is 0.416 e. The number of benzene rings is 2. The van der Waals surface area contributed by atoms with Crippen LogP contribution in [0.5, 0.6) is 0 Å². The van der Waals surface area contributed by atoms with Gasteiger partial charge in [0.2, 0.25) is 10.0 Å². The molecule has 158 valence electrons. The first kappa shape index (κ1) is 22.9. The van der Waals surface area contributed by atoms with Crippen molar-refractivity contribution in [2.45, 2.75) is 44.4 Å². The number of hydrogen-bond donors (Lipinski definition) is 1. The van der Waals surface area contributed by atoms with Crippen LogP contribution >= 0.6 is 0 Å². The minimum atomic E-state index is -4.42. The Labute approximate surface area is 168 Å². The normalized spacial score (nSPS) is 12.3. The minimum Gasteiger partial charge on any atom is -0.337 e. The van der Waals surface area contributed by atoms with E-state index in [-0.39, 0.29) is 23.0 Å². The van der Waals surface area contributed by atoms with Gasteiger partial charge in [-0.25, -0.2) is 13.1 Å². The molecule has 1 amide bonds. The molecule has 0 heterocycles. The molecule has 0 aliphatic carbocycles. The van der Waals surface area contributed by atoms with Gasteiger partial charge in [0.15, 0.2) is 0 Å². The molecule has 0 aliphatic rings. The quantitative estimate of drug-likeness (QED) is 0.757. The van der Waals surface area contributed by atoms with E-state index < -0.39 is 27.7 Å². The van der Waals surface area contributed by atoms with Crippen molar-refractivity contribution in [1.82, 2.24) is 9.62 Å². The fraction of sp³-hybridized carbons (Fsp3) is 0.350. The fourth-order valence-corrected chi connectivity index (χ4v) is 4.00. The van der Waals surface area contributed by atoms with Gasteiger partial charge in [-0.15, -0.1) is 0 Å². The van der Waals surface area contributed by atoms with E-state index in [0.717, 1.165) is 12.1 Å². The van der Waals surface area contributed by atoms with Gasteiger partial charge in [0.1, 0.15) is 0 Å². The summed E-state index contributed by atoms with van der Waals surface area (Å²) in [7, 11) is -2.26. The molecule has 0 spiro atoms. The number of rotatable bonds is 6. The van der Waals surface area contributed by atoms with Crippen molar-refractivity contribution in [2.75, 3.05) is 7.05 Å². The first-order valence-electron chi connectivity index (χ1n) is 8.86. The average molecular weight is 428 g/mol. The minimum absolute atomic E-state index is 0.0249. The molecule has 29 heavy (non-hydrogen) atoms. The second-order valence-electron chi connectivity index (χ2n) is 7.11. The van der Waals surface area contributed by atoms with Crippen molar-refractivity contribution in [2.24, 2.45) is 0 Å². The molecule has 0 aliphatic heterocycles. The van der Waals surface area contributed by atoms with E-state index in [1.54, 1.807) is 26.8 Å². The van der Waals surface area contributed by atoms with Crippen LogP contribution < -0.4 is 4.72 Å². The molecule has 0 aromatic heterocycles. The zero-order valence-electron chi connectivity index (χ0n) is 16.5. The van der Waals surface area contributed by atoms with Gasteiger partial charge in [0.05, 0.1) is 10.5 Å². The van der Waals surface area contributed by atoms with E-state index >= 15 is 0 Å². The number of halogens is 3. The first-order valence-corrected chi connectivity index (χ1v) is 10.3. The summed E-state index contributed by atoms with van der Waals surface area (Å²) >= 11 is 0. The summed E-state index contributed by atoms with van der Waals surface area (Å²) in [4.78, 5) is 14.1. The Balaban J connectivity index is 2.24. The highest BCUT2D eigenvalue weighted by atomic mass is 32.2. The van der Waals surface area contributed by atoms with Crippen molar-refractivity contribution < 1.29 is 26.4 Å². The van der Waals surface area contributed by atoms with Gasteiger partial charge in [-0.3, -0.25) is 4.79 Å². The highest BCUT2D eigenvalue weighted by Gasteiger charge is 2.30. The van der Waals surface area contributed by atoms with E-state index in [9.17, 15) is 26.4 Å². The summed E-state index contributed by atoms with van der Waals surface area (Å²) in [5.74, 6) is -0.427. The third-order valence-corrected chi connectivity index (χ3v) is 5.84. The van der Waals surface area contributed by atoms with Crippen LogP contribution in [-0.2, 0) is 22.7 Å². The molecule has 0 bridgehead atoms. The van der Waals surface area contributed by atoms with Crippen LogP contribution in [0.2, 0.25) is 0 Å². The number of carbonyl (C=O) groups is 1. The van der Waals surface area contributed by atoms with E-state index in [2.05, 4.69) is 4.72 Å². The van der Waals surface area contributed by atoms with E-state index in [0.29, 0.717) is 11.1 Å². The van der Waals surface area contributed by atoms with Gasteiger partial charge in [-0.1, -0.05) is 18.2 Å². The molecule has 0 atom stereocenters. The Bertz CT molecular complexity index is 985. The standard InChI is InChI=1S/C20H23F3N2O3S/c1-13(2)24-29(27,28)17-10-5-14(3)18(11-17)19(26)25(4)12-15-6-8-16(9-7-15)20(21,22)23/h5-11,13,24H,12H2,1-4H3. The maximum Gasteiger partial charge on any atom is 0.416 e. The van der Waals surface area contributed by atoms with Crippen LogP contribution in [0.3, 0.4) is 0 Å². The third kappa shape index (κ3) is 5.80. The zero-order chi connectivity index (χ0) is 22.0. The predicted molar refractivity (Wildman–Crippen MR) is 104 cm³/mol. The second kappa shape index (κ2) is 8.54. The highest BCUT2D eigenvalue weighted by Crippen LogP contribution is 2.29. The smallest absolute Gasteiger partial charge is 0.337 e. The Hall–Kier alpha value is -2.39. The number of alkyl halides is 3. The van der Waals surface area contributed by atoms with Gasteiger partial charge in [0.25, 0.3) is 5.91 Å². The summed E-state index contributed by atoms with van der Waals surface area (Å²) < 4.78 is 65.2. The Morgan fingerprint density at radius 3 is 2.21 bits per heavy atom. The molecule has 5 nitrogen and oxygen atoms in total. The summed E-state index contributed by atoms with van der Waals surface area (Å²) in [6.07, 6.45) is -4.42. The van der Waals surface area contributed by atoms with Gasteiger partial charge >= 0.3 is 6.18 Å². The van der Waals surface area contributed by atoms with Crippen molar-refractivity contribution >= 4 is 15.9 Å². The summed E-state index contributed by atoms with van der Waals surface area (Å²) in [6, 6.07) is 8.53. The number of sulfonamides is 1. The van der Waals surface area contributed by atoms with Crippen molar-refractivity contribution in [3.8, 4) is 0 Å². The maximum atomic E-state index is 12.8. The number of nitrogens with one attached hydrogen (secondary N) is 1. The van der Waals surface area contributed by atoms with Crippen molar-refractivity contribution in [3.63, 3.8) is 0 Å². The van der Waals surface area contributed by atoms with Crippen LogP contribution in [0, 0.1) is 6.92 Å². The highest BCUT2D eigenvalue weighted by molar-refractivity contribution is 7.89. The molecule has 0 unspecified atom stereocenters. The monoisotopic (exact) mass is 428 g/mol. The molecule has 2 aromatic rings. The van der Waals surface area contributed by atoms with E-state index in [1.807, 2.05) is 0 Å². The van der Waals surface area contributed by atoms with Crippen LogP contribution in [0.4, 0.5) is 13.2 Å².